The Bertz CT molecular complexity index is 1230. The third kappa shape index (κ3) is 1.73. The summed E-state index contributed by atoms with van der Waals surface area (Å²) >= 11 is 0. The zero-order valence-electron chi connectivity index (χ0n) is 12.6. The van der Waals surface area contributed by atoms with Gasteiger partial charge in [0.05, 0.1) is 16.4 Å². The molecule has 2 aromatic heterocycles. The molecule has 0 aliphatic rings. The van der Waals surface area contributed by atoms with Crippen LogP contribution in [0.2, 0.25) is 0 Å². The van der Waals surface area contributed by atoms with Gasteiger partial charge in [-0.3, -0.25) is 4.79 Å². The second-order valence-corrected chi connectivity index (χ2v) is 5.65. The molecule has 4 rings (SSSR count). The first-order valence-electron chi connectivity index (χ1n) is 7.17. The third-order valence-corrected chi connectivity index (χ3v) is 4.24. The second-order valence-electron chi connectivity index (χ2n) is 5.65. The number of aryl methyl sites for hydroxylation is 2. The summed E-state index contributed by atoms with van der Waals surface area (Å²) in [6.07, 6.45) is 0. The van der Waals surface area contributed by atoms with Crippen molar-refractivity contribution >= 4 is 32.8 Å². The van der Waals surface area contributed by atoms with Crippen LogP contribution in [0.3, 0.4) is 0 Å². The van der Waals surface area contributed by atoms with E-state index in [-0.39, 0.29) is 22.1 Å². The van der Waals surface area contributed by atoms with Crippen LogP contribution in [0.1, 0.15) is 5.56 Å². The standard InChI is InChI=1S/C18H13NO4/c1-9-7-11-14(23-18(9)22)8-13(20)15-16(11)19(2)12-6-4-3-5-10(12)17(15)21/h3-8,20H,1-2H3. The van der Waals surface area contributed by atoms with Crippen molar-refractivity contribution < 1.29 is 9.52 Å². The van der Waals surface area contributed by atoms with E-state index in [1.165, 1.54) is 6.07 Å². The maximum atomic E-state index is 12.8. The van der Waals surface area contributed by atoms with Crippen LogP contribution in [0, 0.1) is 6.92 Å². The summed E-state index contributed by atoms with van der Waals surface area (Å²) in [5, 5.41) is 11.7. The average Bonchev–Trinajstić information content (AvgIpc) is 2.53. The molecule has 5 nitrogen and oxygen atoms in total. The normalized spacial score (nSPS) is 11.6. The molecule has 0 radical (unpaired) electrons. The Kier molecular flexibility index (Phi) is 2.63. The Morgan fingerprint density at radius 1 is 1.09 bits per heavy atom. The minimum absolute atomic E-state index is 0.189. The maximum absolute atomic E-state index is 12.8. The van der Waals surface area contributed by atoms with Crippen LogP contribution in [0.15, 0.2) is 50.4 Å². The quantitative estimate of drug-likeness (QED) is 0.308. The monoisotopic (exact) mass is 307 g/mol. The van der Waals surface area contributed by atoms with E-state index in [1.54, 1.807) is 25.1 Å². The van der Waals surface area contributed by atoms with Gasteiger partial charge in [-0.1, -0.05) is 12.1 Å². The van der Waals surface area contributed by atoms with Gasteiger partial charge in [0, 0.05) is 29.4 Å². The fourth-order valence-corrected chi connectivity index (χ4v) is 3.11. The lowest BCUT2D eigenvalue weighted by atomic mass is 10.0. The molecule has 2 heterocycles. The number of aromatic nitrogens is 1. The van der Waals surface area contributed by atoms with E-state index in [9.17, 15) is 14.7 Å². The molecule has 0 fully saturated rings. The van der Waals surface area contributed by atoms with Gasteiger partial charge in [0.15, 0.2) is 0 Å². The molecule has 0 spiro atoms. The van der Waals surface area contributed by atoms with E-state index in [4.69, 9.17) is 4.42 Å². The number of phenolic OH excluding ortho intramolecular Hbond substituents is 1. The van der Waals surface area contributed by atoms with E-state index in [2.05, 4.69) is 0 Å². The Morgan fingerprint density at radius 2 is 1.83 bits per heavy atom. The van der Waals surface area contributed by atoms with Crippen molar-refractivity contribution in [2.75, 3.05) is 0 Å². The molecule has 0 unspecified atom stereocenters. The van der Waals surface area contributed by atoms with Gasteiger partial charge in [0.1, 0.15) is 11.3 Å². The number of benzene rings is 2. The molecule has 4 aromatic rings. The lowest BCUT2D eigenvalue weighted by molar-refractivity contribution is 0.478. The number of rotatable bonds is 0. The highest BCUT2D eigenvalue weighted by Crippen LogP contribution is 2.32. The van der Waals surface area contributed by atoms with Crippen molar-refractivity contribution in [2.24, 2.45) is 7.05 Å². The van der Waals surface area contributed by atoms with Crippen LogP contribution in [0.4, 0.5) is 0 Å². The van der Waals surface area contributed by atoms with Crippen molar-refractivity contribution in [3.63, 3.8) is 0 Å². The first kappa shape index (κ1) is 13.6. The van der Waals surface area contributed by atoms with Gasteiger partial charge in [0.2, 0.25) is 5.43 Å². The van der Waals surface area contributed by atoms with Gasteiger partial charge in [-0.05, 0) is 25.1 Å². The minimum atomic E-state index is -0.456. The molecular weight excluding hydrogens is 294 g/mol. The first-order valence-corrected chi connectivity index (χ1v) is 7.17. The van der Waals surface area contributed by atoms with E-state index in [0.29, 0.717) is 21.9 Å². The van der Waals surface area contributed by atoms with Gasteiger partial charge >= 0.3 is 5.63 Å². The summed E-state index contributed by atoms with van der Waals surface area (Å²) in [6, 6.07) is 10.2. The van der Waals surface area contributed by atoms with Gasteiger partial charge in [0.25, 0.3) is 0 Å². The van der Waals surface area contributed by atoms with Crippen molar-refractivity contribution in [1.82, 2.24) is 4.57 Å². The molecule has 0 amide bonds. The molecule has 0 saturated heterocycles. The number of nitrogens with zero attached hydrogens (tertiary/aromatic N) is 1. The number of hydrogen-bond donors (Lipinski definition) is 1. The van der Waals surface area contributed by atoms with Crippen molar-refractivity contribution in [1.29, 1.82) is 0 Å². The summed E-state index contributed by atoms with van der Waals surface area (Å²) in [6.45, 7) is 1.66. The highest BCUT2D eigenvalue weighted by molar-refractivity contribution is 6.10. The molecule has 0 aliphatic carbocycles. The molecule has 1 N–H and O–H groups in total. The minimum Gasteiger partial charge on any atom is -0.507 e. The summed E-state index contributed by atoms with van der Waals surface area (Å²) in [4.78, 5) is 24.5. The molecule has 114 valence electrons. The molecule has 0 saturated carbocycles. The molecule has 0 bridgehead atoms. The van der Waals surface area contributed by atoms with E-state index in [0.717, 1.165) is 5.52 Å². The fraction of sp³-hybridized carbons (Fsp3) is 0.111. The van der Waals surface area contributed by atoms with Crippen molar-refractivity contribution in [3.05, 3.63) is 62.6 Å². The van der Waals surface area contributed by atoms with Crippen molar-refractivity contribution in [2.45, 2.75) is 6.92 Å². The highest BCUT2D eigenvalue weighted by Gasteiger charge is 2.17. The topological polar surface area (TPSA) is 72.4 Å². The van der Waals surface area contributed by atoms with E-state index >= 15 is 0 Å². The molecule has 2 aromatic carbocycles. The third-order valence-electron chi connectivity index (χ3n) is 4.24. The molecule has 0 atom stereocenters. The van der Waals surface area contributed by atoms with Crippen LogP contribution < -0.4 is 11.1 Å². The first-order chi connectivity index (χ1) is 11.0. The number of aromatic hydroxyl groups is 1. The molecular formula is C18H13NO4. The van der Waals surface area contributed by atoms with Crippen molar-refractivity contribution in [3.8, 4) is 5.75 Å². The lowest BCUT2D eigenvalue weighted by Crippen LogP contribution is -2.10. The SMILES string of the molecule is Cc1cc2c(cc(O)c3c(=O)c4ccccc4n(C)c32)oc1=O. The number of phenols is 1. The predicted molar refractivity (Wildman–Crippen MR) is 89.1 cm³/mol. The maximum Gasteiger partial charge on any atom is 0.339 e. The predicted octanol–water partition coefficient (Wildman–Crippen LogP) is 2.81. The number of para-hydroxylation sites is 1. The van der Waals surface area contributed by atoms with Crippen LogP contribution in [-0.2, 0) is 7.05 Å². The molecule has 23 heavy (non-hydrogen) atoms. The lowest BCUT2D eigenvalue weighted by Gasteiger charge is -2.13. The Morgan fingerprint density at radius 3 is 2.61 bits per heavy atom. The van der Waals surface area contributed by atoms with E-state index < -0.39 is 5.63 Å². The van der Waals surface area contributed by atoms with Gasteiger partial charge in [-0.2, -0.15) is 0 Å². The number of hydrogen-bond acceptors (Lipinski definition) is 4. The van der Waals surface area contributed by atoms with Crippen LogP contribution in [-0.4, -0.2) is 9.67 Å². The Labute approximate surface area is 130 Å². The molecule has 0 aliphatic heterocycles. The summed E-state index contributed by atoms with van der Waals surface area (Å²) in [5.41, 5.74) is 1.32. The smallest absolute Gasteiger partial charge is 0.339 e. The highest BCUT2D eigenvalue weighted by atomic mass is 16.4. The van der Waals surface area contributed by atoms with Crippen LogP contribution in [0.5, 0.6) is 5.75 Å². The Hall–Kier alpha value is -3.08. The second kappa shape index (κ2) is 4.46. The fourth-order valence-electron chi connectivity index (χ4n) is 3.11. The number of pyridine rings is 1. The average molecular weight is 307 g/mol. The molecule has 5 heteroatoms. The van der Waals surface area contributed by atoms with Gasteiger partial charge in [-0.25, -0.2) is 4.79 Å². The summed E-state index contributed by atoms with van der Waals surface area (Å²) < 4.78 is 7.10. The zero-order valence-corrected chi connectivity index (χ0v) is 12.6. The Balaban J connectivity index is 2.44. The van der Waals surface area contributed by atoms with Crippen LogP contribution >= 0.6 is 0 Å². The van der Waals surface area contributed by atoms with Crippen LogP contribution in [0.25, 0.3) is 32.8 Å². The summed E-state index contributed by atoms with van der Waals surface area (Å²) in [5.74, 6) is -0.189. The largest absolute Gasteiger partial charge is 0.507 e. The van der Waals surface area contributed by atoms with Gasteiger partial charge < -0.3 is 14.1 Å². The van der Waals surface area contributed by atoms with E-state index in [1.807, 2.05) is 23.7 Å². The van der Waals surface area contributed by atoms with Gasteiger partial charge in [-0.15, -0.1) is 0 Å². The number of fused-ring (bicyclic) bond motifs is 4. The summed E-state index contributed by atoms with van der Waals surface area (Å²) in [7, 11) is 1.82. The zero-order chi connectivity index (χ0) is 16.3.